The van der Waals surface area contributed by atoms with Gasteiger partial charge in [0, 0.05) is 13.1 Å². The van der Waals surface area contributed by atoms with Crippen molar-refractivity contribution >= 4 is 17.6 Å². The number of nitrogens with two attached hydrogens (primary N) is 1. The predicted molar refractivity (Wildman–Crippen MR) is 59.5 cm³/mol. The van der Waals surface area contributed by atoms with Crippen LogP contribution in [0.25, 0.3) is 0 Å². The van der Waals surface area contributed by atoms with Crippen LogP contribution in [0.1, 0.15) is 29.8 Å². The van der Waals surface area contributed by atoms with Crippen molar-refractivity contribution in [2.75, 3.05) is 23.7 Å². The first-order valence-electron chi connectivity index (χ1n) is 5.29. The van der Waals surface area contributed by atoms with Crippen LogP contribution in [0.3, 0.4) is 0 Å². The number of aromatic carboxylic acids is 1. The van der Waals surface area contributed by atoms with Crippen LogP contribution in [-0.2, 0) is 0 Å². The molecule has 0 amide bonds. The van der Waals surface area contributed by atoms with Gasteiger partial charge in [-0.1, -0.05) is 0 Å². The normalized spacial score (nSPS) is 16.1. The lowest BCUT2D eigenvalue weighted by molar-refractivity contribution is 0.0691. The lowest BCUT2D eigenvalue weighted by atomic mass is 10.1. The number of rotatable bonds is 2. The monoisotopic (exact) mass is 222 g/mol. The number of anilines is 2. The summed E-state index contributed by atoms with van der Waals surface area (Å²) in [6, 6.07) is 0. The number of carbonyl (C=O) groups is 1. The van der Waals surface area contributed by atoms with Gasteiger partial charge in [-0.3, -0.25) is 0 Å². The van der Waals surface area contributed by atoms with Crippen LogP contribution in [0, 0.1) is 0 Å². The molecule has 0 bridgehead atoms. The van der Waals surface area contributed by atoms with E-state index in [0.29, 0.717) is 5.95 Å². The first-order chi connectivity index (χ1) is 7.68. The number of nitrogen functional groups attached to an aromatic ring is 1. The maximum absolute atomic E-state index is 10.9. The third-order valence-electron chi connectivity index (χ3n) is 2.65. The van der Waals surface area contributed by atoms with Gasteiger partial charge in [0.25, 0.3) is 0 Å². The maximum Gasteiger partial charge on any atom is 0.356 e. The number of piperidine rings is 1. The molecule has 1 aliphatic heterocycles. The van der Waals surface area contributed by atoms with E-state index in [4.69, 9.17) is 10.8 Å². The Labute approximate surface area is 93.1 Å². The maximum atomic E-state index is 10.9. The molecule has 0 unspecified atom stereocenters. The van der Waals surface area contributed by atoms with Crippen molar-refractivity contribution in [3.05, 3.63) is 11.9 Å². The summed E-state index contributed by atoms with van der Waals surface area (Å²) in [5, 5.41) is 8.90. The van der Waals surface area contributed by atoms with Gasteiger partial charge < -0.3 is 15.7 Å². The third kappa shape index (κ3) is 2.05. The molecule has 0 saturated carbocycles. The van der Waals surface area contributed by atoms with E-state index < -0.39 is 5.97 Å². The van der Waals surface area contributed by atoms with Gasteiger partial charge in [0.15, 0.2) is 5.69 Å². The zero-order valence-electron chi connectivity index (χ0n) is 8.89. The molecule has 1 aromatic rings. The van der Waals surface area contributed by atoms with E-state index in [2.05, 4.69) is 9.97 Å². The van der Waals surface area contributed by atoms with Crippen LogP contribution in [-0.4, -0.2) is 34.1 Å². The van der Waals surface area contributed by atoms with Gasteiger partial charge in [-0.05, 0) is 19.3 Å². The fourth-order valence-corrected chi connectivity index (χ4v) is 1.80. The topological polar surface area (TPSA) is 92.3 Å². The first kappa shape index (κ1) is 10.7. The highest BCUT2D eigenvalue weighted by atomic mass is 16.4. The summed E-state index contributed by atoms with van der Waals surface area (Å²) >= 11 is 0. The second kappa shape index (κ2) is 4.34. The SMILES string of the molecule is Nc1cnc(N2CCCCC2)nc1C(=O)O. The predicted octanol–water partition coefficient (Wildman–Crippen LogP) is 0.747. The molecule has 6 heteroatoms. The largest absolute Gasteiger partial charge is 0.476 e. The summed E-state index contributed by atoms with van der Waals surface area (Å²) in [5.41, 5.74) is 5.49. The minimum absolute atomic E-state index is 0.105. The van der Waals surface area contributed by atoms with Gasteiger partial charge in [0.2, 0.25) is 5.95 Å². The van der Waals surface area contributed by atoms with Crippen LogP contribution < -0.4 is 10.6 Å². The molecular formula is C10H14N4O2. The third-order valence-corrected chi connectivity index (χ3v) is 2.65. The van der Waals surface area contributed by atoms with Crippen molar-refractivity contribution in [3.63, 3.8) is 0 Å². The highest BCUT2D eigenvalue weighted by molar-refractivity contribution is 5.91. The van der Waals surface area contributed by atoms with Crippen molar-refractivity contribution in [1.82, 2.24) is 9.97 Å². The molecule has 86 valence electrons. The molecule has 1 saturated heterocycles. The van der Waals surface area contributed by atoms with E-state index in [-0.39, 0.29) is 11.4 Å². The molecule has 2 rings (SSSR count). The molecule has 1 aromatic heterocycles. The quantitative estimate of drug-likeness (QED) is 0.767. The zero-order valence-corrected chi connectivity index (χ0v) is 8.89. The molecule has 6 nitrogen and oxygen atoms in total. The number of aromatic nitrogens is 2. The molecular weight excluding hydrogens is 208 g/mol. The average Bonchev–Trinajstić information content (AvgIpc) is 2.30. The fourth-order valence-electron chi connectivity index (χ4n) is 1.80. The minimum atomic E-state index is -1.11. The van der Waals surface area contributed by atoms with Crippen molar-refractivity contribution in [2.24, 2.45) is 0 Å². The van der Waals surface area contributed by atoms with Crippen LogP contribution in [0.2, 0.25) is 0 Å². The van der Waals surface area contributed by atoms with E-state index in [9.17, 15) is 4.79 Å². The van der Waals surface area contributed by atoms with Gasteiger partial charge in [-0.25, -0.2) is 14.8 Å². The van der Waals surface area contributed by atoms with Gasteiger partial charge in [-0.15, -0.1) is 0 Å². The second-order valence-electron chi connectivity index (χ2n) is 3.83. The van der Waals surface area contributed by atoms with Gasteiger partial charge in [-0.2, -0.15) is 0 Å². The van der Waals surface area contributed by atoms with Gasteiger partial charge in [0.1, 0.15) is 0 Å². The van der Waals surface area contributed by atoms with Crippen LogP contribution in [0.5, 0.6) is 0 Å². The summed E-state index contributed by atoms with van der Waals surface area (Å²) in [6.07, 6.45) is 4.75. The van der Waals surface area contributed by atoms with Crippen molar-refractivity contribution < 1.29 is 9.90 Å². The summed E-state index contributed by atoms with van der Waals surface area (Å²) < 4.78 is 0. The Morgan fingerprint density at radius 1 is 1.38 bits per heavy atom. The van der Waals surface area contributed by atoms with E-state index >= 15 is 0 Å². The summed E-state index contributed by atoms with van der Waals surface area (Å²) in [5.74, 6) is -0.649. The summed E-state index contributed by atoms with van der Waals surface area (Å²) in [7, 11) is 0. The highest BCUT2D eigenvalue weighted by Crippen LogP contribution is 2.17. The minimum Gasteiger partial charge on any atom is -0.476 e. The molecule has 16 heavy (non-hydrogen) atoms. The lowest BCUT2D eigenvalue weighted by Crippen LogP contribution is -2.31. The van der Waals surface area contributed by atoms with Gasteiger partial charge in [0.05, 0.1) is 11.9 Å². The number of hydrogen-bond acceptors (Lipinski definition) is 5. The molecule has 0 atom stereocenters. The van der Waals surface area contributed by atoms with E-state index in [0.717, 1.165) is 25.9 Å². The Balaban J connectivity index is 2.27. The van der Waals surface area contributed by atoms with Crippen LogP contribution >= 0.6 is 0 Å². The molecule has 0 aromatic carbocycles. The molecule has 1 aliphatic rings. The lowest BCUT2D eigenvalue weighted by Gasteiger charge is -2.26. The number of nitrogens with zero attached hydrogens (tertiary/aromatic N) is 3. The summed E-state index contributed by atoms with van der Waals surface area (Å²) in [6.45, 7) is 1.76. The van der Waals surface area contributed by atoms with Crippen molar-refractivity contribution in [3.8, 4) is 0 Å². The Hall–Kier alpha value is -1.85. The zero-order chi connectivity index (χ0) is 11.5. The van der Waals surface area contributed by atoms with E-state index in [1.54, 1.807) is 0 Å². The molecule has 0 spiro atoms. The number of carboxylic acid groups (broad SMARTS) is 1. The Bertz CT molecular complexity index is 402. The average molecular weight is 222 g/mol. The van der Waals surface area contributed by atoms with Crippen LogP contribution in [0.4, 0.5) is 11.6 Å². The number of carboxylic acids is 1. The number of hydrogen-bond donors (Lipinski definition) is 2. The Morgan fingerprint density at radius 2 is 2.06 bits per heavy atom. The first-order valence-corrected chi connectivity index (χ1v) is 5.29. The van der Waals surface area contributed by atoms with Crippen molar-refractivity contribution in [2.45, 2.75) is 19.3 Å². The molecule has 0 aliphatic carbocycles. The molecule has 0 radical (unpaired) electrons. The molecule has 1 fully saturated rings. The Morgan fingerprint density at radius 3 is 2.69 bits per heavy atom. The highest BCUT2D eigenvalue weighted by Gasteiger charge is 2.17. The Kier molecular flexibility index (Phi) is 2.89. The smallest absolute Gasteiger partial charge is 0.356 e. The van der Waals surface area contributed by atoms with E-state index in [1.807, 2.05) is 4.90 Å². The van der Waals surface area contributed by atoms with E-state index in [1.165, 1.54) is 12.6 Å². The van der Waals surface area contributed by atoms with Crippen LogP contribution in [0.15, 0.2) is 6.20 Å². The van der Waals surface area contributed by atoms with Crippen molar-refractivity contribution in [1.29, 1.82) is 0 Å². The second-order valence-corrected chi connectivity index (χ2v) is 3.83. The summed E-state index contributed by atoms with van der Waals surface area (Å²) in [4.78, 5) is 20.9. The van der Waals surface area contributed by atoms with Gasteiger partial charge >= 0.3 is 5.97 Å². The standard InChI is InChI=1S/C10H14N4O2/c11-7-6-12-10(13-8(7)9(15)16)14-4-2-1-3-5-14/h6H,1-5,11H2,(H,15,16). The molecule has 3 N–H and O–H groups in total. The fraction of sp³-hybridized carbons (Fsp3) is 0.500. The molecule has 2 heterocycles.